The van der Waals surface area contributed by atoms with Crippen molar-refractivity contribution in [2.75, 3.05) is 11.4 Å². The Hall–Kier alpha value is -3.76. The molecule has 3 aromatic rings. The Morgan fingerprint density at radius 3 is 2.29 bits per heavy atom. The SMILES string of the molecule is C#Cc1cc(C)c(N(Cc2ccccc2)S(=O)(=O)c2ccc(OC)cc2)c(C(=O)O)c1. The van der Waals surface area contributed by atoms with Gasteiger partial charge in [0.1, 0.15) is 5.75 Å². The number of methoxy groups -OCH3 is 1. The third-order valence-corrected chi connectivity index (χ3v) is 6.52. The number of aromatic carboxylic acids is 1. The van der Waals surface area contributed by atoms with E-state index in [2.05, 4.69) is 5.92 Å². The average molecular weight is 436 g/mol. The van der Waals surface area contributed by atoms with Crippen LogP contribution >= 0.6 is 0 Å². The van der Waals surface area contributed by atoms with E-state index in [9.17, 15) is 18.3 Å². The molecule has 0 aliphatic rings. The predicted octanol–water partition coefficient (Wildman–Crippen LogP) is 4.08. The molecule has 0 bridgehead atoms. The van der Waals surface area contributed by atoms with Gasteiger partial charge in [-0.3, -0.25) is 4.31 Å². The first-order valence-electron chi connectivity index (χ1n) is 9.33. The van der Waals surface area contributed by atoms with Crippen LogP contribution in [-0.4, -0.2) is 26.6 Å². The summed E-state index contributed by atoms with van der Waals surface area (Å²) in [5.41, 5.74) is 1.41. The third-order valence-electron chi connectivity index (χ3n) is 4.76. The summed E-state index contributed by atoms with van der Waals surface area (Å²) in [6.45, 7) is 1.59. The van der Waals surface area contributed by atoms with Crippen LogP contribution in [0.2, 0.25) is 0 Å². The minimum absolute atomic E-state index is 0.0148. The first kappa shape index (κ1) is 21.9. The quantitative estimate of drug-likeness (QED) is 0.566. The molecule has 7 heteroatoms. The van der Waals surface area contributed by atoms with E-state index < -0.39 is 16.0 Å². The lowest BCUT2D eigenvalue weighted by Gasteiger charge is -2.28. The lowest BCUT2D eigenvalue weighted by atomic mass is 10.0. The molecule has 1 N–H and O–H groups in total. The Balaban J connectivity index is 2.25. The molecule has 0 saturated heterocycles. The summed E-state index contributed by atoms with van der Waals surface area (Å²) in [7, 11) is -2.63. The molecule has 3 rings (SSSR count). The van der Waals surface area contributed by atoms with Crippen molar-refractivity contribution in [3.8, 4) is 18.1 Å². The van der Waals surface area contributed by atoms with E-state index in [4.69, 9.17) is 11.2 Å². The molecule has 31 heavy (non-hydrogen) atoms. The second-order valence-electron chi connectivity index (χ2n) is 6.81. The average Bonchev–Trinajstić information content (AvgIpc) is 2.77. The molecule has 0 aromatic heterocycles. The van der Waals surface area contributed by atoms with Crippen LogP contribution in [0.5, 0.6) is 5.75 Å². The number of hydrogen-bond acceptors (Lipinski definition) is 4. The first-order chi connectivity index (χ1) is 14.8. The molecular formula is C24H21NO5S. The molecule has 0 radical (unpaired) electrons. The molecule has 0 spiro atoms. The van der Waals surface area contributed by atoms with E-state index in [1.807, 2.05) is 6.07 Å². The van der Waals surface area contributed by atoms with E-state index in [0.29, 0.717) is 22.4 Å². The maximum absolute atomic E-state index is 13.7. The maximum atomic E-state index is 13.7. The predicted molar refractivity (Wildman–Crippen MR) is 119 cm³/mol. The van der Waals surface area contributed by atoms with Gasteiger partial charge in [-0.15, -0.1) is 6.42 Å². The summed E-state index contributed by atoms with van der Waals surface area (Å²) in [4.78, 5) is 12.1. The van der Waals surface area contributed by atoms with E-state index in [1.165, 1.54) is 25.3 Å². The first-order valence-corrected chi connectivity index (χ1v) is 10.8. The van der Waals surface area contributed by atoms with Crippen LogP contribution in [0.1, 0.15) is 27.0 Å². The van der Waals surface area contributed by atoms with E-state index in [0.717, 1.165) is 4.31 Å². The second kappa shape index (κ2) is 8.94. The van der Waals surface area contributed by atoms with Crippen LogP contribution in [0.25, 0.3) is 0 Å². The van der Waals surface area contributed by atoms with Crippen LogP contribution in [0, 0.1) is 19.3 Å². The van der Waals surface area contributed by atoms with Gasteiger partial charge in [-0.25, -0.2) is 13.2 Å². The van der Waals surface area contributed by atoms with Crippen molar-refractivity contribution in [1.82, 2.24) is 0 Å². The largest absolute Gasteiger partial charge is 0.497 e. The highest BCUT2D eigenvalue weighted by Gasteiger charge is 2.30. The number of carbonyl (C=O) groups is 1. The fourth-order valence-electron chi connectivity index (χ4n) is 3.27. The maximum Gasteiger partial charge on any atom is 0.337 e. The molecule has 0 atom stereocenters. The van der Waals surface area contributed by atoms with Crippen LogP contribution in [0.15, 0.2) is 71.6 Å². The molecule has 158 valence electrons. The summed E-state index contributed by atoms with van der Waals surface area (Å²) < 4.78 is 33.6. The topological polar surface area (TPSA) is 83.9 Å². The number of nitrogens with zero attached hydrogens (tertiary/aromatic N) is 1. The number of terminal acetylenes is 1. The van der Waals surface area contributed by atoms with Crippen LogP contribution in [0.4, 0.5) is 5.69 Å². The number of rotatable bonds is 7. The van der Waals surface area contributed by atoms with Crippen molar-refractivity contribution >= 4 is 21.7 Å². The van der Waals surface area contributed by atoms with Gasteiger partial charge in [-0.05, 0) is 54.4 Å². The molecule has 0 heterocycles. The van der Waals surface area contributed by atoms with Gasteiger partial charge in [0, 0.05) is 5.56 Å². The highest BCUT2D eigenvalue weighted by atomic mass is 32.2. The number of hydrogen-bond donors (Lipinski definition) is 1. The van der Waals surface area contributed by atoms with Gasteiger partial charge in [-0.1, -0.05) is 36.3 Å². The molecule has 0 aliphatic carbocycles. The highest BCUT2D eigenvalue weighted by molar-refractivity contribution is 7.92. The van der Waals surface area contributed by atoms with Gasteiger partial charge < -0.3 is 9.84 Å². The molecule has 0 saturated carbocycles. The number of carboxylic acids is 1. The molecule has 0 fully saturated rings. The Kier molecular flexibility index (Phi) is 6.33. The highest BCUT2D eigenvalue weighted by Crippen LogP contribution is 2.33. The van der Waals surface area contributed by atoms with Crippen molar-refractivity contribution in [3.63, 3.8) is 0 Å². The summed E-state index contributed by atoms with van der Waals surface area (Å²) in [5, 5.41) is 9.82. The van der Waals surface area contributed by atoms with Gasteiger partial charge in [0.05, 0.1) is 29.8 Å². The number of benzene rings is 3. The summed E-state index contributed by atoms with van der Waals surface area (Å²) in [6, 6.07) is 17.8. The number of aryl methyl sites for hydroxylation is 1. The second-order valence-corrected chi connectivity index (χ2v) is 8.67. The van der Waals surface area contributed by atoms with Crippen LogP contribution < -0.4 is 9.04 Å². The Morgan fingerprint density at radius 2 is 1.74 bits per heavy atom. The van der Waals surface area contributed by atoms with Crippen LogP contribution in [0.3, 0.4) is 0 Å². The molecule has 6 nitrogen and oxygen atoms in total. The molecule has 3 aromatic carbocycles. The summed E-state index contributed by atoms with van der Waals surface area (Å²) in [6.07, 6.45) is 5.46. The van der Waals surface area contributed by atoms with E-state index in [-0.39, 0.29) is 22.7 Å². The van der Waals surface area contributed by atoms with E-state index in [1.54, 1.807) is 49.4 Å². The Bertz CT molecular complexity index is 1240. The van der Waals surface area contributed by atoms with Gasteiger partial charge in [0.2, 0.25) is 0 Å². The van der Waals surface area contributed by atoms with Crippen LogP contribution in [-0.2, 0) is 16.6 Å². The molecular weight excluding hydrogens is 414 g/mol. The Morgan fingerprint density at radius 1 is 1.10 bits per heavy atom. The third kappa shape index (κ3) is 4.55. The minimum Gasteiger partial charge on any atom is -0.497 e. The van der Waals surface area contributed by atoms with Gasteiger partial charge in [-0.2, -0.15) is 0 Å². The molecule has 0 aliphatic heterocycles. The number of sulfonamides is 1. The van der Waals surface area contributed by atoms with Crippen molar-refractivity contribution in [2.24, 2.45) is 0 Å². The Labute approximate surface area is 181 Å². The van der Waals surface area contributed by atoms with Crippen molar-refractivity contribution in [1.29, 1.82) is 0 Å². The summed E-state index contributed by atoms with van der Waals surface area (Å²) in [5.74, 6) is 1.66. The smallest absolute Gasteiger partial charge is 0.337 e. The van der Waals surface area contributed by atoms with Crippen molar-refractivity contribution in [3.05, 3.63) is 89.0 Å². The monoisotopic (exact) mass is 435 g/mol. The number of ether oxygens (including phenoxy) is 1. The number of anilines is 1. The van der Waals surface area contributed by atoms with Crippen molar-refractivity contribution in [2.45, 2.75) is 18.4 Å². The number of carboxylic acid groups (broad SMARTS) is 1. The zero-order valence-electron chi connectivity index (χ0n) is 17.1. The molecule has 0 unspecified atom stereocenters. The fraction of sp³-hybridized carbons (Fsp3) is 0.125. The fourth-order valence-corrected chi connectivity index (χ4v) is 4.80. The van der Waals surface area contributed by atoms with E-state index >= 15 is 0 Å². The summed E-state index contributed by atoms with van der Waals surface area (Å²) >= 11 is 0. The standard InChI is InChI=1S/C24H21NO5S/c1-4-18-14-17(2)23(22(15-18)24(26)27)25(16-19-8-6-5-7-9-19)31(28,29)21-12-10-20(30-3)11-13-21/h1,5-15H,16H2,2-3H3,(H,26,27). The lowest BCUT2D eigenvalue weighted by Crippen LogP contribution is -2.32. The van der Waals surface area contributed by atoms with Gasteiger partial charge >= 0.3 is 5.97 Å². The van der Waals surface area contributed by atoms with Gasteiger partial charge in [0.15, 0.2) is 0 Å². The zero-order valence-corrected chi connectivity index (χ0v) is 17.9. The lowest BCUT2D eigenvalue weighted by molar-refractivity contribution is 0.0697. The van der Waals surface area contributed by atoms with Gasteiger partial charge in [0.25, 0.3) is 10.0 Å². The zero-order chi connectivity index (χ0) is 22.6. The minimum atomic E-state index is -4.11. The molecule has 0 amide bonds. The normalized spacial score (nSPS) is 10.9. The van der Waals surface area contributed by atoms with Crippen molar-refractivity contribution < 1.29 is 23.1 Å².